The molecule has 1 aliphatic heterocycles. The molecule has 4 heterocycles. The third kappa shape index (κ3) is 3.03. The number of rotatable bonds is 2. The highest BCUT2D eigenvalue weighted by atomic mass is 35.5. The van der Waals surface area contributed by atoms with Crippen molar-refractivity contribution in [2.45, 2.75) is 13.0 Å². The normalized spacial score (nSPS) is 16.1. The molecule has 1 amide bonds. The number of aromatic nitrogens is 3. The van der Waals surface area contributed by atoms with Gasteiger partial charge in [0.25, 0.3) is 5.91 Å². The second-order valence-electron chi connectivity index (χ2n) is 7.56. The zero-order valence-electron chi connectivity index (χ0n) is 16.7. The van der Waals surface area contributed by atoms with Crippen molar-refractivity contribution in [1.29, 1.82) is 0 Å². The molecule has 4 aromatic rings. The van der Waals surface area contributed by atoms with E-state index in [1.165, 1.54) is 11.3 Å². The van der Waals surface area contributed by atoms with Crippen LogP contribution >= 0.6 is 22.9 Å². The lowest BCUT2D eigenvalue weighted by molar-refractivity contribution is 0.0949. The molecule has 7 nitrogen and oxygen atoms in total. The quantitative estimate of drug-likeness (QED) is 0.488. The van der Waals surface area contributed by atoms with Crippen molar-refractivity contribution in [3.05, 3.63) is 40.4 Å². The number of carbonyl (C=O) groups excluding carboxylic acids is 1. The fraction of sp³-hybridized carbons (Fsp3) is 0.238. The van der Waals surface area contributed by atoms with Gasteiger partial charge in [0.15, 0.2) is 11.0 Å². The van der Waals surface area contributed by atoms with Gasteiger partial charge in [0.05, 0.1) is 16.9 Å². The van der Waals surface area contributed by atoms with Gasteiger partial charge in [-0.2, -0.15) is 0 Å². The number of hydrogen-bond acceptors (Lipinski definition) is 7. The summed E-state index contributed by atoms with van der Waals surface area (Å²) in [5.74, 6) is 0.665. The predicted molar refractivity (Wildman–Crippen MR) is 123 cm³/mol. The Balaban J connectivity index is 1.72. The first-order valence-corrected chi connectivity index (χ1v) is 10.7. The van der Waals surface area contributed by atoms with Crippen molar-refractivity contribution in [1.82, 2.24) is 20.5 Å². The summed E-state index contributed by atoms with van der Waals surface area (Å²) in [6.07, 6.45) is 0. The molecule has 1 atom stereocenters. The van der Waals surface area contributed by atoms with Crippen LogP contribution in [0.2, 0.25) is 5.15 Å². The van der Waals surface area contributed by atoms with Gasteiger partial charge in [0, 0.05) is 47.7 Å². The van der Waals surface area contributed by atoms with E-state index in [0.29, 0.717) is 22.4 Å². The summed E-state index contributed by atoms with van der Waals surface area (Å²) in [7, 11) is 3.81. The molecule has 0 fully saturated rings. The van der Waals surface area contributed by atoms with Crippen LogP contribution in [0.4, 0.5) is 11.5 Å². The summed E-state index contributed by atoms with van der Waals surface area (Å²) < 4.78 is 1.06. The zero-order valence-corrected chi connectivity index (χ0v) is 18.2. The summed E-state index contributed by atoms with van der Waals surface area (Å²) in [4.78, 5) is 20.1. The zero-order chi connectivity index (χ0) is 21.0. The van der Waals surface area contributed by atoms with Crippen molar-refractivity contribution in [3.8, 4) is 11.3 Å². The molecule has 3 aromatic heterocycles. The Hall–Kier alpha value is -2.97. The number of amides is 1. The minimum atomic E-state index is -0.0328. The molecule has 2 N–H and O–H groups in total. The van der Waals surface area contributed by atoms with Crippen LogP contribution in [0.15, 0.2) is 30.3 Å². The van der Waals surface area contributed by atoms with E-state index in [9.17, 15) is 4.79 Å². The highest BCUT2D eigenvalue weighted by Crippen LogP contribution is 2.41. The number of nitrogens with one attached hydrogen (secondary N) is 2. The smallest absolute Gasteiger partial charge is 0.263 e. The molecule has 152 valence electrons. The van der Waals surface area contributed by atoms with E-state index in [2.05, 4.69) is 26.9 Å². The lowest BCUT2D eigenvalue weighted by Gasteiger charge is -2.15. The standard InChI is InChI=1S/C21H19ClN6OS/c1-10-9-23-18-17-11-4-5-14(12-8-16(22)26-27-20(12)28(2)3)25-13(11)6-7-15(17)30-19(18)21(29)24-10/h4-8,10,23H,9H2,1-3H3,(H,24,29)/t10-/m1/s1. The maximum Gasteiger partial charge on any atom is 0.263 e. The first-order valence-electron chi connectivity index (χ1n) is 9.54. The Morgan fingerprint density at radius 1 is 1.20 bits per heavy atom. The van der Waals surface area contributed by atoms with E-state index in [-0.39, 0.29) is 11.9 Å². The average molecular weight is 439 g/mol. The Labute approximate surface area is 182 Å². The fourth-order valence-corrected chi connectivity index (χ4v) is 5.00. The Kier molecular flexibility index (Phi) is 4.48. The van der Waals surface area contributed by atoms with Gasteiger partial charge in [-0.05, 0) is 37.3 Å². The highest BCUT2D eigenvalue weighted by molar-refractivity contribution is 7.21. The molecule has 1 aliphatic rings. The van der Waals surface area contributed by atoms with E-state index in [1.54, 1.807) is 6.07 Å². The second kappa shape index (κ2) is 7.07. The van der Waals surface area contributed by atoms with Crippen LogP contribution in [-0.4, -0.2) is 47.8 Å². The molecular formula is C21H19ClN6OS. The minimum absolute atomic E-state index is 0.0328. The van der Waals surface area contributed by atoms with E-state index >= 15 is 0 Å². The van der Waals surface area contributed by atoms with Gasteiger partial charge in [0.1, 0.15) is 4.88 Å². The van der Waals surface area contributed by atoms with Gasteiger partial charge >= 0.3 is 0 Å². The average Bonchev–Trinajstić information content (AvgIpc) is 3.04. The van der Waals surface area contributed by atoms with Crippen LogP contribution in [0.25, 0.3) is 32.2 Å². The minimum Gasteiger partial charge on any atom is -0.381 e. The third-order valence-corrected chi connectivity index (χ3v) is 6.47. The molecule has 9 heteroatoms. The van der Waals surface area contributed by atoms with Crippen molar-refractivity contribution in [2.24, 2.45) is 0 Å². The van der Waals surface area contributed by atoms with Crippen molar-refractivity contribution in [2.75, 3.05) is 30.9 Å². The first-order chi connectivity index (χ1) is 14.4. The Morgan fingerprint density at radius 2 is 2.03 bits per heavy atom. The van der Waals surface area contributed by atoms with Gasteiger partial charge in [-0.1, -0.05) is 11.6 Å². The van der Waals surface area contributed by atoms with Crippen molar-refractivity contribution < 1.29 is 4.79 Å². The number of hydrogen-bond donors (Lipinski definition) is 2. The third-order valence-electron chi connectivity index (χ3n) is 5.14. The number of carbonyl (C=O) groups is 1. The van der Waals surface area contributed by atoms with Gasteiger partial charge in [-0.3, -0.25) is 4.79 Å². The van der Waals surface area contributed by atoms with E-state index in [0.717, 1.165) is 37.9 Å². The molecule has 0 bridgehead atoms. The Morgan fingerprint density at radius 3 is 2.83 bits per heavy atom. The molecule has 0 aliphatic carbocycles. The molecular weight excluding hydrogens is 420 g/mol. The van der Waals surface area contributed by atoms with Crippen molar-refractivity contribution in [3.63, 3.8) is 0 Å². The van der Waals surface area contributed by atoms with Crippen LogP contribution in [0, 0.1) is 0 Å². The summed E-state index contributed by atoms with van der Waals surface area (Å²) >= 11 is 7.61. The molecule has 0 saturated heterocycles. The second-order valence-corrected chi connectivity index (χ2v) is 9.00. The molecule has 0 spiro atoms. The number of nitrogens with zero attached hydrogens (tertiary/aromatic N) is 4. The topological polar surface area (TPSA) is 83.0 Å². The van der Waals surface area contributed by atoms with Crippen LogP contribution in [0.5, 0.6) is 0 Å². The lowest BCUT2D eigenvalue weighted by Crippen LogP contribution is -2.34. The Bertz CT molecular complexity index is 1320. The molecule has 0 unspecified atom stereocenters. The molecule has 5 rings (SSSR count). The monoisotopic (exact) mass is 438 g/mol. The van der Waals surface area contributed by atoms with Crippen LogP contribution < -0.4 is 15.5 Å². The van der Waals surface area contributed by atoms with Crippen LogP contribution in [-0.2, 0) is 0 Å². The largest absolute Gasteiger partial charge is 0.381 e. The van der Waals surface area contributed by atoms with Crippen LogP contribution in [0.1, 0.15) is 16.6 Å². The van der Waals surface area contributed by atoms with Gasteiger partial charge < -0.3 is 15.5 Å². The number of fused-ring (bicyclic) bond motifs is 5. The number of pyridine rings is 1. The van der Waals surface area contributed by atoms with Crippen LogP contribution in [0.3, 0.4) is 0 Å². The van der Waals surface area contributed by atoms with E-state index in [1.807, 2.05) is 44.1 Å². The molecule has 0 radical (unpaired) electrons. The predicted octanol–water partition coefficient (Wildman–Crippen LogP) is 4.17. The first kappa shape index (κ1) is 19.0. The van der Waals surface area contributed by atoms with Crippen molar-refractivity contribution >= 4 is 61.3 Å². The molecule has 30 heavy (non-hydrogen) atoms. The fourth-order valence-electron chi connectivity index (χ4n) is 3.76. The maximum absolute atomic E-state index is 12.6. The highest BCUT2D eigenvalue weighted by Gasteiger charge is 2.25. The summed E-state index contributed by atoms with van der Waals surface area (Å²) in [6, 6.07) is 9.88. The molecule has 1 aromatic carbocycles. The van der Waals surface area contributed by atoms with E-state index in [4.69, 9.17) is 16.6 Å². The van der Waals surface area contributed by atoms with Gasteiger partial charge in [0.2, 0.25) is 0 Å². The number of anilines is 2. The number of thiophene rings is 1. The lowest BCUT2D eigenvalue weighted by atomic mass is 10.1. The van der Waals surface area contributed by atoms with E-state index < -0.39 is 0 Å². The SMILES string of the molecule is C[C@@H]1CNc2c(sc3ccc4nc(-c5cc(Cl)nnc5N(C)C)ccc4c23)C(=O)N1. The van der Waals surface area contributed by atoms with Gasteiger partial charge in [-0.15, -0.1) is 21.5 Å². The van der Waals surface area contributed by atoms with Gasteiger partial charge in [-0.25, -0.2) is 4.98 Å². The number of benzene rings is 1. The maximum atomic E-state index is 12.6. The summed E-state index contributed by atoms with van der Waals surface area (Å²) in [5, 5.41) is 17.0. The summed E-state index contributed by atoms with van der Waals surface area (Å²) in [6.45, 7) is 2.67. The summed E-state index contributed by atoms with van der Waals surface area (Å²) in [5.41, 5.74) is 3.32. The molecule has 0 saturated carbocycles. The number of halogens is 1.